The molecule has 0 saturated heterocycles. The number of methoxy groups -OCH3 is 1. The van der Waals surface area contributed by atoms with Crippen LogP contribution in [-0.4, -0.2) is 26.9 Å². The minimum atomic E-state index is -0.583. The van der Waals surface area contributed by atoms with Gasteiger partial charge in [-0.05, 0) is 31.0 Å². The van der Waals surface area contributed by atoms with Gasteiger partial charge in [-0.2, -0.15) is 0 Å². The van der Waals surface area contributed by atoms with Gasteiger partial charge in [0.25, 0.3) is 11.1 Å². The van der Waals surface area contributed by atoms with Gasteiger partial charge in [-0.3, -0.25) is 23.3 Å². The van der Waals surface area contributed by atoms with Crippen molar-refractivity contribution in [3.05, 3.63) is 90.1 Å². The molecular formula is C24H22BrFN4O4. The third-order valence-electron chi connectivity index (χ3n) is 6.22. The summed E-state index contributed by atoms with van der Waals surface area (Å²) in [6.07, 6.45) is 8.17. The van der Waals surface area contributed by atoms with Crippen LogP contribution in [0.25, 0.3) is 11.0 Å². The number of aryl methyl sites for hydroxylation is 1. The van der Waals surface area contributed by atoms with Crippen molar-refractivity contribution in [3.8, 4) is 0 Å². The number of benzene rings is 1. The van der Waals surface area contributed by atoms with Crippen LogP contribution in [0.5, 0.6) is 0 Å². The van der Waals surface area contributed by atoms with Gasteiger partial charge in [-0.25, -0.2) is 9.18 Å². The highest BCUT2D eigenvalue weighted by Gasteiger charge is 2.33. The van der Waals surface area contributed by atoms with Crippen LogP contribution >= 0.6 is 15.9 Å². The Hall–Kier alpha value is -3.24. The molecule has 2 aliphatic carbocycles. The van der Waals surface area contributed by atoms with E-state index < -0.39 is 34.8 Å². The fraction of sp³-hybridized carbons (Fsp3) is 0.292. The number of nitrogens with zero attached hydrogens (tertiary/aromatic N) is 3. The monoisotopic (exact) mass is 528 g/mol. The molecule has 1 N–H and O–H groups in total. The molecule has 3 aromatic rings. The largest absolute Gasteiger partial charge is 0.375 e. The molecule has 2 heterocycles. The fourth-order valence-electron chi connectivity index (χ4n) is 4.38. The van der Waals surface area contributed by atoms with Crippen LogP contribution in [-0.2, 0) is 11.8 Å². The van der Waals surface area contributed by atoms with Crippen LogP contribution in [0.4, 0.5) is 15.8 Å². The zero-order valence-electron chi connectivity index (χ0n) is 18.5. The molecule has 1 saturated carbocycles. The lowest BCUT2D eigenvalue weighted by atomic mass is 10.0. The smallest absolute Gasteiger partial charge is 0.333 e. The van der Waals surface area contributed by atoms with E-state index in [4.69, 9.17) is 4.74 Å². The number of fused-ring (bicyclic) bond motifs is 1. The number of ether oxygens (including phenoxy) is 1. The molecule has 0 radical (unpaired) electrons. The molecule has 0 bridgehead atoms. The van der Waals surface area contributed by atoms with E-state index in [1.807, 2.05) is 12.2 Å². The standard InChI is InChI=1S/C24H22BrFN4O4/c1-28-20(31)12-17(27-16-10-7-13(25)11-15(16)26)21-22(28)30(18-5-3-4-6-19(18)34-2)24(33)29(23(21)32)14-8-9-14/h3-7,10-12,14,18-19,27H,8-9H2,1-2H3. The summed E-state index contributed by atoms with van der Waals surface area (Å²) in [6.45, 7) is 0. The van der Waals surface area contributed by atoms with E-state index in [1.54, 1.807) is 18.2 Å². The predicted octanol–water partition coefficient (Wildman–Crippen LogP) is 3.52. The lowest BCUT2D eigenvalue weighted by Crippen LogP contribution is -2.45. The minimum Gasteiger partial charge on any atom is -0.375 e. The summed E-state index contributed by atoms with van der Waals surface area (Å²) in [4.78, 5) is 40.3. The maximum atomic E-state index is 14.6. The summed E-state index contributed by atoms with van der Waals surface area (Å²) in [5.41, 5.74) is -1.09. The van der Waals surface area contributed by atoms with Crippen LogP contribution in [0.1, 0.15) is 24.9 Å². The van der Waals surface area contributed by atoms with Crippen molar-refractivity contribution in [3.63, 3.8) is 0 Å². The number of hydrogen-bond acceptors (Lipinski definition) is 5. The summed E-state index contributed by atoms with van der Waals surface area (Å²) < 4.78 is 24.7. The van der Waals surface area contributed by atoms with Crippen LogP contribution in [0.2, 0.25) is 0 Å². The lowest BCUT2D eigenvalue weighted by molar-refractivity contribution is 0.107. The molecule has 176 valence electrons. The highest BCUT2D eigenvalue weighted by molar-refractivity contribution is 9.10. The molecule has 1 aromatic carbocycles. The van der Waals surface area contributed by atoms with Gasteiger partial charge in [0.1, 0.15) is 16.9 Å². The summed E-state index contributed by atoms with van der Waals surface area (Å²) in [5, 5.41) is 3.04. The summed E-state index contributed by atoms with van der Waals surface area (Å²) in [6, 6.07) is 4.90. The molecule has 5 rings (SSSR count). The molecule has 2 aromatic heterocycles. The molecule has 1 fully saturated rings. The molecule has 34 heavy (non-hydrogen) atoms. The van der Waals surface area contributed by atoms with Crippen LogP contribution < -0.4 is 22.1 Å². The fourth-order valence-corrected chi connectivity index (χ4v) is 4.71. The molecule has 2 aliphatic rings. The topological polar surface area (TPSA) is 87.3 Å². The van der Waals surface area contributed by atoms with Gasteiger partial charge < -0.3 is 10.1 Å². The van der Waals surface area contributed by atoms with E-state index in [0.29, 0.717) is 17.3 Å². The Kier molecular flexibility index (Phi) is 5.65. The Morgan fingerprint density at radius 2 is 1.79 bits per heavy atom. The average Bonchev–Trinajstić information content (AvgIpc) is 3.64. The zero-order chi connectivity index (χ0) is 24.1. The van der Waals surface area contributed by atoms with Crippen molar-refractivity contribution in [2.24, 2.45) is 7.05 Å². The van der Waals surface area contributed by atoms with Crippen LogP contribution in [0.15, 0.2) is 67.4 Å². The first-order chi connectivity index (χ1) is 16.3. The molecule has 2 unspecified atom stereocenters. The van der Waals surface area contributed by atoms with Gasteiger partial charge in [0.2, 0.25) is 0 Å². The second-order valence-corrected chi connectivity index (χ2v) is 9.34. The van der Waals surface area contributed by atoms with E-state index in [2.05, 4.69) is 21.2 Å². The Labute approximate surface area is 201 Å². The molecule has 2 atom stereocenters. The number of nitrogens with one attached hydrogen (secondary N) is 1. The lowest BCUT2D eigenvalue weighted by Gasteiger charge is -2.28. The van der Waals surface area contributed by atoms with E-state index in [-0.39, 0.29) is 28.5 Å². The van der Waals surface area contributed by atoms with Crippen molar-refractivity contribution in [1.82, 2.24) is 13.7 Å². The van der Waals surface area contributed by atoms with Crippen molar-refractivity contribution >= 4 is 38.3 Å². The van der Waals surface area contributed by atoms with Crippen molar-refractivity contribution in [2.45, 2.75) is 31.0 Å². The second-order valence-electron chi connectivity index (χ2n) is 8.42. The first-order valence-corrected chi connectivity index (χ1v) is 11.6. The van der Waals surface area contributed by atoms with Gasteiger partial charge >= 0.3 is 5.69 Å². The zero-order valence-corrected chi connectivity index (χ0v) is 20.1. The number of pyridine rings is 1. The number of aromatic nitrogens is 3. The van der Waals surface area contributed by atoms with Crippen molar-refractivity contribution in [1.29, 1.82) is 0 Å². The molecule has 8 nitrogen and oxygen atoms in total. The molecule has 0 spiro atoms. The normalized spacial score (nSPS) is 19.6. The maximum Gasteiger partial charge on any atom is 0.333 e. The van der Waals surface area contributed by atoms with Crippen molar-refractivity contribution < 1.29 is 9.13 Å². The number of rotatable bonds is 5. The number of halogens is 2. The SMILES string of the molecule is COC1C=CC=CC1n1c(=O)n(C2CC2)c(=O)c2c(Nc3ccc(Br)cc3F)cc(=O)n(C)c21. The highest BCUT2D eigenvalue weighted by atomic mass is 79.9. The number of hydrogen-bond donors (Lipinski definition) is 1. The Balaban J connectivity index is 1.86. The van der Waals surface area contributed by atoms with Crippen LogP contribution in [0, 0.1) is 5.82 Å². The molecule has 0 aliphatic heterocycles. The number of allylic oxidation sites excluding steroid dienone is 2. The average molecular weight is 529 g/mol. The Morgan fingerprint density at radius 1 is 1.06 bits per heavy atom. The van der Waals surface area contributed by atoms with Gasteiger partial charge in [0.15, 0.2) is 0 Å². The Bertz CT molecular complexity index is 1550. The maximum absolute atomic E-state index is 14.6. The first-order valence-electron chi connectivity index (χ1n) is 10.8. The Morgan fingerprint density at radius 3 is 2.47 bits per heavy atom. The predicted molar refractivity (Wildman–Crippen MR) is 131 cm³/mol. The van der Waals surface area contributed by atoms with Gasteiger partial charge in [-0.15, -0.1) is 0 Å². The third-order valence-corrected chi connectivity index (χ3v) is 6.71. The summed E-state index contributed by atoms with van der Waals surface area (Å²) >= 11 is 3.22. The first kappa shape index (κ1) is 22.5. The van der Waals surface area contributed by atoms with E-state index in [0.717, 1.165) is 0 Å². The van der Waals surface area contributed by atoms with E-state index in [1.165, 1.54) is 46.1 Å². The van der Waals surface area contributed by atoms with E-state index >= 15 is 0 Å². The van der Waals surface area contributed by atoms with Gasteiger partial charge in [0.05, 0.1) is 23.5 Å². The number of anilines is 2. The minimum absolute atomic E-state index is 0.100. The highest BCUT2D eigenvalue weighted by Crippen LogP contribution is 2.34. The summed E-state index contributed by atoms with van der Waals surface area (Å²) in [7, 11) is 3.04. The molecule has 10 heteroatoms. The molecule has 0 amide bonds. The van der Waals surface area contributed by atoms with Gasteiger partial charge in [-0.1, -0.05) is 40.2 Å². The summed E-state index contributed by atoms with van der Waals surface area (Å²) in [5.74, 6) is -0.557. The quantitative estimate of drug-likeness (QED) is 0.547. The van der Waals surface area contributed by atoms with Crippen LogP contribution in [0.3, 0.4) is 0 Å². The van der Waals surface area contributed by atoms with Crippen molar-refractivity contribution in [2.75, 3.05) is 12.4 Å². The van der Waals surface area contributed by atoms with E-state index in [9.17, 15) is 18.8 Å². The third kappa shape index (κ3) is 3.67. The van der Waals surface area contributed by atoms with Gasteiger partial charge in [0, 0.05) is 30.7 Å². The molecular weight excluding hydrogens is 507 g/mol. The second kappa shape index (κ2) is 8.52.